The van der Waals surface area contributed by atoms with Crippen LogP contribution in [-0.4, -0.2) is 43.8 Å². The van der Waals surface area contributed by atoms with Gasteiger partial charge in [-0.1, -0.05) is 20.8 Å². The molecule has 7 heteroatoms. The van der Waals surface area contributed by atoms with Crippen LogP contribution in [0.3, 0.4) is 0 Å². The third-order valence-electron chi connectivity index (χ3n) is 2.76. The summed E-state index contributed by atoms with van der Waals surface area (Å²) in [6.07, 6.45) is 0.643. The van der Waals surface area contributed by atoms with E-state index in [-0.39, 0.29) is 42.0 Å². The maximum atomic E-state index is 11.9. The van der Waals surface area contributed by atoms with Gasteiger partial charge in [-0.3, -0.25) is 4.99 Å². The molecule has 0 rings (SSSR count). The number of hydrogen-bond donors (Lipinski definition) is 3. The van der Waals surface area contributed by atoms with Crippen LogP contribution in [0.15, 0.2) is 4.99 Å². The molecule has 0 aromatic heterocycles. The molecular formula is C15H33IN4O2. The van der Waals surface area contributed by atoms with Crippen molar-refractivity contribution in [1.82, 2.24) is 16.0 Å². The average molecular weight is 428 g/mol. The Hall–Kier alpha value is -0.730. The number of amides is 1. The van der Waals surface area contributed by atoms with Crippen LogP contribution in [-0.2, 0) is 4.74 Å². The van der Waals surface area contributed by atoms with E-state index in [2.05, 4.69) is 41.7 Å². The van der Waals surface area contributed by atoms with Crippen molar-refractivity contribution >= 4 is 36.0 Å². The highest BCUT2D eigenvalue weighted by molar-refractivity contribution is 14.0. The van der Waals surface area contributed by atoms with E-state index in [0.29, 0.717) is 6.54 Å². The van der Waals surface area contributed by atoms with Crippen molar-refractivity contribution in [3.8, 4) is 0 Å². The summed E-state index contributed by atoms with van der Waals surface area (Å²) in [5.41, 5.74) is -0.488. The Labute approximate surface area is 152 Å². The molecule has 0 aliphatic heterocycles. The molecule has 1 amide bonds. The Morgan fingerprint density at radius 2 is 1.82 bits per heavy atom. The maximum absolute atomic E-state index is 11.9. The minimum atomic E-state index is -0.488. The fourth-order valence-corrected chi connectivity index (χ4v) is 1.58. The molecule has 0 aromatic rings. The van der Waals surface area contributed by atoms with Crippen LogP contribution in [0, 0.1) is 5.92 Å². The second kappa shape index (κ2) is 11.8. The summed E-state index contributed by atoms with van der Waals surface area (Å²) in [5.74, 6) is 1.03. The quantitative estimate of drug-likeness (QED) is 0.346. The topological polar surface area (TPSA) is 74.8 Å². The zero-order valence-electron chi connectivity index (χ0n) is 14.9. The predicted octanol–water partition coefficient (Wildman–Crippen LogP) is 2.73. The summed E-state index contributed by atoms with van der Waals surface area (Å²) in [5, 5.41) is 9.32. The molecule has 22 heavy (non-hydrogen) atoms. The summed E-state index contributed by atoms with van der Waals surface area (Å²) in [4.78, 5) is 16.0. The SMILES string of the molecule is CCCNC(=NC)NCC(NC(=O)OC(C)(C)C)C(C)C.I. The summed E-state index contributed by atoms with van der Waals surface area (Å²) in [7, 11) is 1.73. The third-order valence-corrected chi connectivity index (χ3v) is 2.76. The van der Waals surface area contributed by atoms with Crippen molar-refractivity contribution in [3.05, 3.63) is 0 Å². The van der Waals surface area contributed by atoms with Gasteiger partial charge in [-0.15, -0.1) is 24.0 Å². The number of hydrogen-bond acceptors (Lipinski definition) is 3. The molecule has 0 spiro atoms. The molecule has 1 unspecified atom stereocenters. The highest BCUT2D eigenvalue weighted by Crippen LogP contribution is 2.08. The van der Waals surface area contributed by atoms with Crippen LogP contribution in [0.2, 0.25) is 0 Å². The van der Waals surface area contributed by atoms with Crippen molar-refractivity contribution in [2.75, 3.05) is 20.1 Å². The molecule has 6 nitrogen and oxygen atoms in total. The second-order valence-corrected chi connectivity index (χ2v) is 6.38. The third kappa shape index (κ3) is 11.9. The molecule has 0 bridgehead atoms. The number of carbonyl (C=O) groups excluding carboxylic acids is 1. The molecule has 1 atom stereocenters. The van der Waals surface area contributed by atoms with Crippen molar-refractivity contribution in [2.45, 2.75) is 59.6 Å². The Bertz CT molecular complexity index is 341. The molecule has 0 aliphatic rings. The summed E-state index contributed by atoms with van der Waals surface area (Å²) in [6, 6.07) is -0.0278. The van der Waals surface area contributed by atoms with E-state index in [1.807, 2.05) is 20.8 Å². The number of rotatable bonds is 6. The van der Waals surface area contributed by atoms with Crippen LogP contribution < -0.4 is 16.0 Å². The van der Waals surface area contributed by atoms with Crippen molar-refractivity contribution in [3.63, 3.8) is 0 Å². The molecule has 0 fully saturated rings. The van der Waals surface area contributed by atoms with Gasteiger partial charge in [0.2, 0.25) is 0 Å². The molecular weight excluding hydrogens is 395 g/mol. The Morgan fingerprint density at radius 3 is 2.23 bits per heavy atom. The average Bonchev–Trinajstić information content (AvgIpc) is 2.35. The van der Waals surface area contributed by atoms with Crippen LogP contribution in [0.5, 0.6) is 0 Å². The number of carbonyl (C=O) groups is 1. The van der Waals surface area contributed by atoms with Crippen molar-refractivity contribution in [2.24, 2.45) is 10.9 Å². The first kappa shape index (κ1) is 23.5. The Morgan fingerprint density at radius 1 is 1.23 bits per heavy atom. The minimum Gasteiger partial charge on any atom is -0.444 e. The lowest BCUT2D eigenvalue weighted by Gasteiger charge is -2.26. The van der Waals surface area contributed by atoms with Gasteiger partial charge in [-0.25, -0.2) is 4.79 Å². The number of alkyl carbamates (subject to hydrolysis) is 1. The van der Waals surface area contributed by atoms with Crippen LogP contribution in [0.4, 0.5) is 4.79 Å². The van der Waals surface area contributed by atoms with Gasteiger partial charge in [0, 0.05) is 20.1 Å². The molecule has 0 saturated heterocycles. The molecule has 132 valence electrons. The van der Waals surface area contributed by atoms with Gasteiger partial charge in [0.25, 0.3) is 0 Å². The van der Waals surface area contributed by atoms with Gasteiger partial charge in [-0.2, -0.15) is 0 Å². The first-order chi connectivity index (χ1) is 9.69. The number of nitrogens with zero attached hydrogens (tertiary/aromatic N) is 1. The molecule has 0 heterocycles. The van der Waals surface area contributed by atoms with Crippen molar-refractivity contribution in [1.29, 1.82) is 0 Å². The lowest BCUT2D eigenvalue weighted by atomic mass is 10.0. The monoisotopic (exact) mass is 428 g/mol. The zero-order chi connectivity index (χ0) is 16.5. The zero-order valence-corrected chi connectivity index (χ0v) is 17.3. The molecule has 0 aliphatic carbocycles. The number of aliphatic imine (C=N–C) groups is 1. The van der Waals surface area contributed by atoms with E-state index in [4.69, 9.17) is 4.74 Å². The summed E-state index contributed by atoms with van der Waals surface area (Å²) < 4.78 is 5.29. The van der Waals surface area contributed by atoms with E-state index >= 15 is 0 Å². The standard InChI is InChI=1S/C15H32N4O2.HI/c1-8-9-17-13(16-7)18-10-12(11(2)3)19-14(20)21-15(4,5)6;/h11-12H,8-10H2,1-7H3,(H,19,20)(H2,16,17,18);1H. The smallest absolute Gasteiger partial charge is 0.407 e. The van der Waals surface area contributed by atoms with Gasteiger partial charge < -0.3 is 20.7 Å². The normalized spacial score (nSPS) is 13.2. The maximum Gasteiger partial charge on any atom is 0.407 e. The fourth-order valence-electron chi connectivity index (χ4n) is 1.58. The number of halogens is 1. The van der Waals surface area contributed by atoms with Gasteiger partial charge >= 0.3 is 6.09 Å². The van der Waals surface area contributed by atoms with Crippen LogP contribution in [0.25, 0.3) is 0 Å². The van der Waals surface area contributed by atoms with E-state index in [1.165, 1.54) is 0 Å². The number of ether oxygens (including phenoxy) is 1. The van der Waals surface area contributed by atoms with E-state index in [9.17, 15) is 4.79 Å². The highest BCUT2D eigenvalue weighted by Gasteiger charge is 2.21. The number of nitrogens with one attached hydrogen (secondary N) is 3. The van der Waals surface area contributed by atoms with E-state index in [1.54, 1.807) is 7.05 Å². The predicted molar refractivity (Wildman–Crippen MR) is 103 cm³/mol. The fraction of sp³-hybridized carbons (Fsp3) is 0.867. The molecule has 0 aromatic carbocycles. The number of guanidine groups is 1. The Kier molecular flexibility index (Phi) is 12.6. The largest absolute Gasteiger partial charge is 0.444 e. The van der Waals surface area contributed by atoms with Gasteiger partial charge in [0.05, 0.1) is 6.04 Å². The van der Waals surface area contributed by atoms with Crippen LogP contribution in [0.1, 0.15) is 48.0 Å². The van der Waals surface area contributed by atoms with E-state index < -0.39 is 5.60 Å². The minimum absolute atomic E-state index is 0. The Balaban J connectivity index is 0. The molecule has 0 saturated carbocycles. The van der Waals surface area contributed by atoms with Crippen molar-refractivity contribution < 1.29 is 9.53 Å². The first-order valence-electron chi connectivity index (χ1n) is 7.63. The van der Waals surface area contributed by atoms with E-state index in [0.717, 1.165) is 18.9 Å². The lowest BCUT2D eigenvalue weighted by molar-refractivity contribution is 0.0491. The lowest BCUT2D eigenvalue weighted by Crippen LogP contribution is -2.50. The van der Waals surface area contributed by atoms with Gasteiger partial charge in [-0.05, 0) is 33.1 Å². The first-order valence-corrected chi connectivity index (χ1v) is 7.63. The van der Waals surface area contributed by atoms with Gasteiger partial charge in [0.1, 0.15) is 5.60 Å². The molecule has 0 radical (unpaired) electrons. The highest BCUT2D eigenvalue weighted by atomic mass is 127. The second-order valence-electron chi connectivity index (χ2n) is 6.38. The summed E-state index contributed by atoms with van der Waals surface area (Å²) in [6.45, 7) is 13.2. The molecule has 3 N–H and O–H groups in total. The van der Waals surface area contributed by atoms with Crippen LogP contribution >= 0.6 is 24.0 Å². The summed E-state index contributed by atoms with van der Waals surface area (Å²) >= 11 is 0. The van der Waals surface area contributed by atoms with Gasteiger partial charge in [0.15, 0.2) is 5.96 Å².